The maximum atomic E-state index is 11.5. The molecule has 18 heavy (non-hydrogen) atoms. The zero-order chi connectivity index (χ0) is 13.5. The molecular formula is C13H20N2O3. The number of benzene rings is 1. The normalized spacial score (nSPS) is 12.0. The van der Waals surface area contributed by atoms with Crippen molar-refractivity contribution in [3.63, 3.8) is 0 Å². The highest BCUT2D eigenvalue weighted by molar-refractivity contribution is 5.78. The van der Waals surface area contributed by atoms with Gasteiger partial charge in [0, 0.05) is 26.3 Å². The van der Waals surface area contributed by atoms with Crippen molar-refractivity contribution in [3.05, 3.63) is 29.8 Å². The van der Waals surface area contributed by atoms with E-state index in [0.29, 0.717) is 13.0 Å². The molecule has 0 fully saturated rings. The van der Waals surface area contributed by atoms with Gasteiger partial charge in [-0.25, -0.2) is 0 Å². The van der Waals surface area contributed by atoms with Gasteiger partial charge in [-0.05, 0) is 17.7 Å². The molecular weight excluding hydrogens is 232 g/mol. The summed E-state index contributed by atoms with van der Waals surface area (Å²) in [5.41, 5.74) is 1.80. The number of amides is 1. The maximum Gasteiger partial charge on any atom is 0.226 e. The van der Waals surface area contributed by atoms with E-state index < -0.39 is 6.10 Å². The van der Waals surface area contributed by atoms with Crippen LogP contribution in [0.1, 0.15) is 5.56 Å². The summed E-state index contributed by atoms with van der Waals surface area (Å²) >= 11 is 0. The van der Waals surface area contributed by atoms with Gasteiger partial charge in [-0.3, -0.25) is 4.79 Å². The molecule has 1 atom stereocenters. The van der Waals surface area contributed by atoms with Crippen molar-refractivity contribution in [2.75, 3.05) is 32.6 Å². The van der Waals surface area contributed by atoms with E-state index in [9.17, 15) is 9.90 Å². The van der Waals surface area contributed by atoms with Crippen LogP contribution in [0.15, 0.2) is 24.3 Å². The summed E-state index contributed by atoms with van der Waals surface area (Å²) in [6, 6.07) is 7.44. The lowest BCUT2D eigenvalue weighted by molar-refractivity contribution is -0.127. The molecule has 1 rings (SSSR count). The van der Waals surface area contributed by atoms with E-state index in [1.807, 2.05) is 24.3 Å². The third-order valence-electron chi connectivity index (χ3n) is 2.56. The molecule has 1 amide bonds. The number of rotatable bonds is 6. The molecule has 1 aromatic carbocycles. The summed E-state index contributed by atoms with van der Waals surface area (Å²) < 4.78 is 0. The number of hydrogen-bond donors (Lipinski definition) is 3. The van der Waals surface area contributed by atoms with Gasteiger partial charge in [0.05, 0.1) is 19.1 Å². The van der Waals surface area contributed by atoms with E-state index in [4.69, 9.17) is 5.11 Å². The highest BCUT2D eigenvalue weighted by atomic mass is 16.3. The largest absolute Gasteiger partial charge is 0.394 e. The molecule has 0 aromatic heterocycles. The first kappa shape index (κ1) is 14.5. The molecule has 1 aromatic rings. The lowest BCUT2D eigenvalue weighted by Crippen LogP contribution is -2.23. The van der Waals surface area contributed by atoms with Crippen LogP contribution in [0.5, 0.6) is 0 Å². The maximum absolute atomic E-state index is 11.5. The van der Waals surface area contributed by atoms with E-state index in [0.717, 1.165) is 11.3 Å². The first-order valence-corrected chi connectivity index (χ1v) is 5.85. The third kappa shape index (κ3) is 4.73. The summed E-state index contributed by atoms with van der Waals surface area (Å²) in [7, 11) is 3.46. The molecule has 5 heteroatoms. The fourth-order valence-electron chi connectivity index (χ4n) is 1.37. The number of likely N-dealkylation sites (N-methyl/N-ethyl adjacent to an activating group) is 1. The second-order valence-corrected chi connectivity index (χ2v) is 4.38. The highest BCUT2D eigenvalue weighted by Crippen LogP contribution is 2.10. The number of anilines is 1. The first-order valence-electron chi connectivity index (χ1n) is 5.85. The Labute approximate surface area is 107 Å². The molecule has 3 N–H and O–H groups in total. The van der Waals surface area contributed by atoms with Gasteiger partial charge in [-0.15, -0.1) is 0 Å². The van der Waals surface area contributed by atoms with E-state index in [1.165, 1.54) is 0 Å². The second-order valence-electron chi connectivity index (χ2n) is 4.38. The molecule has 100 valence electrons. The molecule has 5 nitrogen and oxygen atoms in total. The van der Waals surface area contributed by atoms with E-state index in [2.05, 4.69) is 5.32 Å². The average Bonchev–Trinajstić information content (AvgIpc) is 2.37. The van der Waals surface area contributed by atoms with Crippen LogP contribution in [0.2, 0.25) is 0 Å². The predicted molar refractivity (Wildman–Crippen MR) is 70.4 cm³/mol. The topological polar surface area (TPSA) is 72.8 Å². The van der Waals surface area contributed by atoms with Crippen LogP contribution in [-0.2, 0) is 11.2 Å². The molecule has 0 aliphatic carbocycles. The summed E-state index contributed by atoms with van der Waals surface area (Å²) in [6.45, 7) is 0.0366. The van der Waals surface area contributed by atoms with Crippen LogP contribution in [-0.4, -0.2) is 54.4 Å². The summed E-state index contributed by atoms with van der Waals surface area (Å²) in [6.07, 6.45) is -0.382. The van der Waals surface area contributed by atoms with Gasteiger partial charge >= 0.3 is 0 Å². The first-order chi connectivity index (χ1) is 8.52. The molecule has 0 radical (unpaired) electrons. The molecule has 0 spiro atoms. The van der Waals surface area contributed by atoms with Gasteiger partial charge in [0.25, 0.3) is 0 Å². The minimum absolute atomic E-state index is 0.0615. The molecule has 0 heterocycles. The number of aliphatic hydroxyl groups is 2. The fraction of sp³-hybridized carbons (Fsp3) is 0.462. The minimum atomic E-state index is -0.764. The number of carbonyl (C=O) groups is 1. The third-order valence-corrected chi connectivity index (χ3v) is 2.56. The number of aliphatic hydroxyl groups excluding tert-OH is 2. The molecule has 0 saturated heterocycles. The van der Waals surface area contributed by atoms with Crippen LogP contribution in [0.3, 0.4) is 0 Å². The Morgan fingerprint density at radius 3 is 2.44 bits per heavy atom. The van der Waals surface area contributed by atoms with Gasteiger partial charge in [0.1, 0.15) is 0 Å². The Bertz CT molecular complexity index is 376. The van der Waals surface area contributed by atoms with Crippen molar-refractivity contribution < 1.29 is 15.0 Å². The van der Waals surface area contributed by atoms with Crippen molar-refractivity contribution in [2.24, 2.45) is 0 Å². The van der Waals surface area contributed by atoms with E-state index in [-0.39, 0.29) is 12.5 Å². The van der Waals surface area contributed by atoms with Crippen LogP contribution in [0.4, 0.5) is 5.69 Å². The Morgan fingerprint density at radius 2 is 1.94 bits per heavy atom. The van der Waals surface area contributed by atoms with Crippen molar-refractivity contribution in [2.45, 2.75) is 12.5 Å². The Balaban J connectivity index is 2.50. The lowest BCUT2D eigenvalue weighted by atomic mass is 10.1. The van der Waals surface area contributed by atoms with Crippen molar-refractivity contribution in [3.8, 4) is 0 Å². The lowest BCUT2D eigenvalue weighted by Gasteiger charge is -2.12. The SMILES string of the molecule is CN(C)C(=O)Cc1ccc(NCC(O)CO)cc1. The van der Waals surface area contributed by atoms with Crippen LogP contribution in [0, 0.1) is 0 Å². The van der Waals surface area contributed by atoms with Crippen molar-refractivity contribution >= 4 is 11.6 Å². The minimum Gasteiger partial charge on any atom is -0.394 e. The number of nitrogens with one attached hydrogen (secondary N) is 1. The molecule has 0 aliphatic rings. The van der Waals surface area contributed by atoms with Gasteiger partial charge < -0.3 is 20.4 Å². The zero-order valence-corrected chi connectivity index (χ0v) is 10.8. The summed E-state index contributed by atoms with van der Waals surface area (Å²) in [4.78, 5) is 13.1. The molecule has 0 bridgehead atoms. The van der Waals surface area contributed by atoms with E-state index >= 15 is 0 Å². The van der Waals surface area contributed by atoms with Gasteiger partial charge in [0.15, 0.2) is 0 Å². The Morgan fingerprint density at radius 1 is 1.33 bits per heavy atom. The Kier molecular flexibility index (Phi) is 5.61. The average molecular weight is 252 g/mol. The highest BCUT2D eigenvalue weighted by Gasteiger charge is 2.05. The molecule has 1 unspecified atom stereocenters. The number of carbonyl (C=O) groups excluding carboxylic acids is 1. The predicted octanol–water partition coefficient (Wildman–Crippen LogP) is 0.0824. The zero-order valence-electron chi connectivity index (χ0n) is 10.8. The van der Waals surface area contributed by atoms with Crippen molar-refractivity contribution in [1.29, 1.82) is 0 Å². The van der Waals surface area contributed by atoms with Gasteiger partial charge in [-0.2, -0.15) is 0 Å². The van der Waals surface area contributed by atoms with Crippen LogP contribution < -0.4 is 5.32 Å². The number of hydrogen-bond acceptors (Lipinski definition) is 4. The van der Waals surface area contributed by atoms with Gasteiger partial charge in [0.2, 0.25) is 5.91 Å². The van der Waals surface area contributed by atoms with Crippen LogP contribution in [0.25, 0.3) is 0 Å². The smallest absolute Gasteiger partial charge is 0.226 e. The summed E-state index contributed by atoms with van der Waals surface area (Å²) in [5, 5.41) is 20.9. The molecule has 0 saturated carbocycles. The van der Waals surface area contributed by atoms with Crippen molar-refractivity contribution in [1.82, 2.24) is 4.90 Å². The second kappa shape index (κ2) is 6.98. The fourth-order valence-corrected chi connectivity index (χ4v) is 1.37. The standard InChI is InChI=1S/C13H20N2O3/c1-15(2)13(18)7-10-3-5-11(6-4-10)14-8-12(17)9-16/h3-6,12,14,16-17H,7-9H2,1-2H3. The number of nitrogens with zero attached hydrogens (tertiary/aromatic N) is 1. The van der Waals surface area contributed by atoms with Gasteiger partial charge in [-0.1, -0.05) is 12.1 Å². The van der Waals surface area contributed by atoms with E-state index in [1.54, 1.807) is 19.0 Å². The summed E-state index contributed by atoms with van der Waals surface area (Å²) in [5.74, 6) is 0.0615. The molecule has 0 aliphatic heterocycles. The Hall–Kier alpha value is -1.59. The monoisotopic (exact) mass is 252 g/mol. The van der Waals surface area contributed by atoms with Crippen LogP contribution >= 0.6 is 0 Å². The quantitative estimate of drug-likeness (QED) is 0.670.